The SMILES string of the molecule is CCC1CCC(CNc2cccc(OC(C)C)c2N)CC1. The number of anilines is 2. The number of nitrogens with two attached hydrogens (primary N) is 1. The molecule has 1 aliphatic carbocycles. The standard InChI is InChI=1S/C18H30N2O/c1-4-14-8-10-15(11-9-14)12-20-16-6-5-7-17(18(16)19)21-13(2)3/h5-7,13-15,20H,4,8-12,19H2,1-3H3. The first-order chi connectivity index (χ1) is 10.1. The number of nitrogen functional groups attached to an aromatic ring is 1. The third kappa shape index (κ3) is 4.55. The van der Waals surface area contributed by atoms with E-state index in [-0.39, 0.29) is 6.10 Å². The van der Waals surface area contributed by atoms with Crippen LogP contribution in [0.2, 0.25) is 0 Å². The molecule has 0 heterocycles. The normalized spacial score (nSPS) is 22.3. The molecule has 118 valence electrons. The molecule has 1 saturated carbocycles. The molecule has 3 heteroatoms. The van der Waals surface area contributed by atoms with Gasteiger partial charge in [-0.05, 0) is 50.7 Å². The van der Waals surface area contributed by atoms with E-state index in [0.717, 1.165) is 35.5 Å². The zero-order valence-electron chi connectivity index (χ0n) is 13.7. The molecule has 3 N–H and O–H groups in total. The highest BCUT2D eigenvalue weighted by Crippen LogP contribution is 2.33. The van der Waals surface area contributed by atoms with Gasteiger partial charge in [-0.1, -0.05) is 32.3 Å². The van der Waals surface area contributed by atoms with Crippen molar-refractivity contribution in [3.63, 3.8) is 0 Å². The van der Waals surface area contributed by atoms with Crippen LogP contribution in [0, 0.1) is 11.8 Å². The van der Waals surface area contributed by atoms with Crippen LogP contribution in [0.4, 0.5) is 11.4 Å². The van der Waals surface area contributed by atoms with Crippen molar-refractivity contribution in [3.8, 4) is 5.75 Å². The van der Waals surface area contributed by atoms with Gasteiger partial charge in [0.1, 0.15) is 5.75 Å². The third-order valence-corrected chi connectivity index (χ3v) is 4.55. The second-order valence-electron chi connectivity index (χ2n) is 6.56. The molecule has 0 spiro atoms. The molecule has 0 aliphatic heterocycles. The number of ether oxygens (including phenoxy) is 1. The number of hydrogen-bond acceptors (Lipinski definition) is 3. The summed E-state index contributed by atoms with van der Waals surface area (Å²) < 4.78 is 5.74. The van der Waals surface area contributed by atoms with E-state index in [2.05, 4.69) is 12.2 Å². The maximum Gasteiger partial charge on any atom is 0.144 e. The highest BCUT2D eigenvalue weighted by Gasteiger charge is 2.20. The van der Waals surface area contributed by atoms with E-state index in [0.29, 0.717) is 0 Å². The van der Waals surface area contributed by atoms with Crippen LogP contribution < -0.4 is 15.8 Å². The molecule has 2 rings (SSSR count). The lowest BCUT2D eigenvalue weighted by atomic mass is 9.81. The Morgan fingerprint density at radius 2 is 1.86 bits per heavy atom. The zero-order valence-corrected chi connectivity index (χ0v) is 13.7. The smallest absolute Gasteiger partial charge is 0.144 e. The molecular weight excluding hydrogens is 260 g/mol. The minimum absolute atomic E-state index is 0.145. The van der Waals surface area contributed by atoms with Crippen LogP contribution in [-0.2, 0) is 0 Å². The van der Waals surface area contributed by atoms with Gasteiger partial charge in [0, 0.05) is 6.54 Å². The Balaban J connectivity index is 1.88. The van der Waals surface area contributed by atoms with E-state index >= 15 is 0 Å². The Morgan fingerprint density at radius 1 is 1.19 bits per heavy atom. The predicted molar refractivity (Wildman–Crippen MR) is 90.8 cm³/mol. The highest BCUT2D eigenvalue weighted by molar-refractivity contribution is 5.72. The zero-order chi connectivity index (χ0) is 15.2. The first-order valence-electron chi connectivity index (χ1n) is 8.39. The maximum absolute atomic E-state index is 6.20. The molecule has 1 aliphatic rings. The number of rotatable bonds is 6. The average molecular weight is 290 g/mol. The van der Waals surface area contributed by atoms with Gasteiger partial charge in [-0.2, -0.15) is 0 Å². The van der Waals surface area contributed by atoms with Gasteiger partial charge in [-0.3, -0.25) is 0 Å². The lowest BCUT2D eigenvalue weighted by Gasteiger charge is -2.28. The largest absolute Gasteiger partial charge is 0.489 e. The molecule has 1 aromatic rings. The topological polar surface area (TPSA) is 47.3 Å². The quantitative estimate of drug-likeness (QED) is 0.747. The van der Waals surface area contributed by atoms with Crippen molar-refractivity contribution in [2.24, 2.45) is 11.8 Å². The first-order valence-corrected chi connectivity index (χ1v) is 8.39. The molecule has 1 aromatic carbocycles. The van der Waals surface area contributed by atoms with Crippen LogP contribution in [-0.4, -0.2) is 12.6 Å². The lowest BCUT2D eigenvalue weighted by Crippen LogP contribution is -2.21. The van der Waals surface area contributed by atoms with Crippen molar-refractivity contribution in [1.29, 1.82) is 0 Å². The van der Waals surface area contributed by atoms with Crippen molar-refractivity contribution >= 4 is 11.4 Å². The summed E-state index contributed by atoms with van der Waals surface area (Å²) in [6.45, 7) is 7.37. The van der Waals surface area contributed by atoms with E-state index < -0.39 is 0 Å². The fraction of sp³-hybridized carbons (Fsp3) is 0.667. The number of para-hydroxylation sites is 1. The Kier molecular flexibility index (Phi) is 5.77. The molecule has 0 bridgehead atoms. The summed E-state index contributed by atoms with van der Waals surface area (Å²) in [7, 11) is 0. The predicted octanol–water partition coefficient (Wildman–Crippen LogP) is 4.68. The van der Waals surface area contributed by atoms with Crippen LogP contribution >= 0.6 is 0 Å². The fourth-order valence-electron chi connectivity index (χ4n) is 3.15. The summed E-state index contributed by atoms with van der Waals surface area (Å²) in [6, 6.07) is 5.98. The van der Waals surface area contributed by atoms with Gasteiger partial charge in [-0.15, -0.1) is 0 Å². The van der Waals surface area contributed by atoms with Crippen molar-refractivity contribution in [3.05, 3.63) is 18.2 Å². The monoisotopic (exact) mass is 290 g/mol. The maximum atomic E-state index is 6.20. The minimum Gasteiger partial charge on any atom is -0.489 e. The third-order valence-electron chi connectivity index (χ3n) is 4.55. The van der Waals surface area contributed by atoms with E-state index in [9.17, 15) is 0 Å². The summed E-state index contributed by atoms with van der Waals surface area (Å²) >= 11 is 0. The first kappa shape index (κ1) is 16.0. The molecule has 0 atom stereocenters. The molecule has 21 heavy (non-hydrogen) atoms. The molecule has 0 saturated heterocycles. The number of nitrogens with one attached hydrogen (secondary N) is 1. The van der Waals surface area contributed by atoms with Gasteiger partial charge in [-0.25, -0.2) is 0 Å². The molecular formula is C18H30N2O. The molecule has 0 aromatic heterocycles. The van der Waals surface area contributed by atoms with Gasteiger partial charge in [0.25, 0.3) is 0 Å². The van der Waals surface area contributed by atoms with Crippen LogP contribution in [0.25, 0.3) is 0 Å². The summed E-state index contributed by atoms with van der Waals surface area (Å²) in [4.78, 5) is 0. The van der Waals surface area contributed by atoms with Gasteiger partial charge in [0.15, 0.2) is 0 Å². The van der Waals surface area contributed by atoms with Gasteiger partial charge in [0.2, 0.25) is 0 Å². The molecule has 0 amide bonds. The average Bonchev–Trinajstić information content (AvgIpc) is 2.48. The van der Waals surface area contributed by atoms with Gasteiger partial charge < -0.3 is 15.8 Å². The summed E-state index contributed by atoms with van der Waals surface area (Å²) in [6.07, 6.45) is 6.93. The van der Waals surface area contributed by atoms with Crippen molar-refractivity contribution in [2.75, 3.05) is 17.6 Å². The van der Waals surface area contributed by atoms with Gasteiger partial charge >= 0.3 is 0 Å². The second kappa shape index (κ2) is 7.58. The summed E-state index contributed by atoms with van der Waals surface area (Å²) in [5.74, 6) is 2.51. The Hall–Kier alpha value is -1.38. The van der Waals surface area contributed by atoms with E-state index in [1.54, 1.807) is 0 Å². The number of hydrogen-bond donors (Lipinski definition) is 2. The van der Waals surface area contributed by atoms with E-state index in [4.69, 9.17) is 10.5 Å². The van der Waals surface area contributed by atoms with E-state index in [1.807, 2.05) is 32.0 Å². The Morgan fingerprint density at radius 3 is 2.48 bits per heavy atom. The van der Waals surface area contributed by atoms with Crippen LogP contribution in [0.5, 0.6) is 5.75 Å². The second-order valence-corrected chi connectivity index (χ2v) is 6.56. The minimum atomic E-state index is 0.145. The molecule has 3 nitrogen and oxygen atoms in total. The molecule has 0 unspecified atom stereocenters. The van der Waals surface area contributed by atoms with Gasteiger partial charge in [0.05, 0.1) is 17.5 Å². The molecule has 0 radical (unpaired) electrons. The van der Waals surface area contributed by atoms with Crippen molar-refractivity contribution in [1.82, 2.24) is 0 Å². The summed E-state index contributed by atoms with van der Waals surface area (Å²) in [5.41, 5.74) is 7.94. The Labute approximate surface area is 129 Å². The highest BCUT2D eigenvalue weighted by atomic mass is 16.5. The fourth-order valence-corrected chi connectivity index (χ4v) is 3.15. The van der Waals surface area contributed by atoms with Crippen molar-refractivity contribution in [2.45, 2.75) is 59.0 Å². The number of benzene rings is 1. The van der Waals surface area contributed by atoms with Crippen LogP contribution in [0.1, 0.15) is 52.9 Å². The van der Waals surface area contributed by atoms with E-state index in [1.165, 1.54) is 32.1 Å². The lowest BCUT2D eigenvalue weighted by molar-refractivity contribution is 0.244. The Bertz CT molecular complexity index is 437. The molecule has 1 fully saturated rings. The summed E-state index contributed by atoms with van der Waals surface area (Å²) in [5, 5.41) is 3.52. The van der Waals surface area contributed by atoms with Crippen LogP contribution in [0.3, 0.4) is 0 Å². The van der Waals surface area contributed by atoms with Crippen LogP contribution in [0.15, 0.2) is 18.2 Å². The van der Waals surface area contributed by atoms with Crippen molar-refractivity contribution < 1.29 is 4.74 Å².